The minimum atomic E-state index is -1.09. The Balaban J connectivity index is 1.33. The van der Waals surface area contributed by atoms with Gasteiger partial charge in [0.1, 0.15) is 16.4 Å². The summed E-state index contributed by atoms with van der Waals surface area (Å²) in [5, 5.41) is 21.7. The molecule has 4 aromatic carbocycles. The topological polar surface area (TPSA) is 99.6 Å². The molecule has 41 heavy (non-hydrogen) atoms. The van der Waals surface area contributed by atoms with Crippen LogP contribution in [0.1, 0.15) is 11.1 Å². The van der Waals surface area contributed by atoms with Gasteiger partial charge in [0, 0.05) is 40.8 Å². The number of hydrogen-bond donors (Lipinski definition) is 1. The van der Waals surface area contributed by atoms with Crippen molar-refractivity contribution in [2.45, 2.75) is 11.8 Å². The van der Waals surface area contributed by atoms with Crippen molar-refractivity contribution < 1.29 is 23.8 Å². The van der Waals surface area contributed by atoms with E-state index in [1.807, 2.05) is 42.6 Å². The molecule has 0 aliphatic rings. The molecule has 0 atom stereocenters. The zero-order valence-corrected chi connectivity index (χ0v) is 23.1. The van der Waals surface area contributed by atoms with E-state index in [-0.39, 0.29) is 16.0 Å². The Morgan fingerprint density at radius 1 is 0.927 bits per heavy atom. The molecule has 0 fully saturated rings. The number of fused-ring (bicyclic) bond motifs is 2. The van der Waals surface area contributed by atoms with Crippen LogP contribution in [0.4, 0.5) is 0 Å². The predicted molar refractivity (Wildman–Crippen MR) is 159 cm³/mol. The summed E-state index contributed by atoms with van der Waals surface area (Å²) in [4.78, 5) is 12.4. The van der Waals surface area contributed by atoms with Crippen LogP contribution in [0.15, 0.2) is 106 Å². The van der Waals surface area contributed by atoms with Crippen molar-refractivity contribution in [2.75, 3.05) is 14.2 Å². The van der Waals surface area contributed by atoms with E-state index < -0.39 is 5.97 Å². The maximum absolute atomic E-state index is 12.3. The van der Waals surface area contributed by atoms with Crippen LogP contribution >= 0.6 is 11.8 Å². The summed E-state index contributed by atoms with van der Waals surface area (Å²) < 4.78 is 18.6. The molecule has 0 spiro atoms. The zero-order chi connectivity index (χ0) is 28.3. The van der Waals surface area contributed by atoms with E-state index in [0.29, 0.717) is 23.6 Å². The highest BCUT2D eigenvalue weighted by Gasteiger charge is 2.18. The lowest BCUT2D eigenvalue weighted by Crippen LogP contribution is -1.99. The van der Waals surface area contributed by atoms with E-state index in [1.165, 1.54) is 16.3 Å². The third-order valence-corrected chi connectivity index (χ3v) is 7.59. The molecular formula is C32H25N3O5S. The van der Waals surface area contributed by atoms with Crippen molar-refractivity contribution >= 4 is 45.5 Å². The normalized spacial score (nSPS) is 11.7. The molecule has 204 valence electrons. The lowest BCUT2D eigenvalue weighted by atomic mass is 10.0. The molecule has 0 aliphatic carbocycles. The maximum atomic E-state index is 12.3. The summed E-state index contributed by atoms with van der Waals surface area (Å²) in [5.74, 6) is 0.264. The number of carbonyl (C=O) groups is 1. The van der Waals surface area contributed by atoms with Gasteiger partial charge in [-0.1, -0.05) is 60.7 Å². The number of aliphatic carboxylic acids is 1. The summed E-state index contributed by atoms with van der Waals surface area (Å²) in [5.41, 5.74) is 3.56. The van der Waals surface area contributed by atoms with Gasteiger partial charge in [-0.05, 0) is 52.4 Å². The monoisotopic (exact) mass is 563 g/mol. The average Bonchev–Trinajstić information content (AvgIpc) is 3.61. The summed E-state index contributed by atoms with van der Waals surface area (Å²) in [6.45, 7) is 0.641. The minimum Gasteiger partial charge on any atom is -0.497 e. The first-order chi connectivity index (χ1) is 20.0. The summed E-state index contributed by atoms with van der Waals surface area (Å²) in [7, 11) is 3.10. The molecule has 0 aliphatic heterocycles. The zero-order valence-electron chi connectivity index (χ0n) is 22.3. The van der Waals surface area contributed by atoms with Crippen LogP contribution in [0.2, 0.25) is 0 Å². The van der Waals surface area contributed by atoms with E-state index >= 15 is 0 Å². The number of rotatable bonds is 9. The first-order valence-corrected chi connectivity index (χ1v) is 13.6. The van der Waals surface area contributed by atoms with Gasteiger partial charge in [-0.25, -0.2) is 4.79 Å². The standard InChI is InChI=1S/C32H25N3O5S/c1-38-24-14-22(15-25(17-24)39-2)30-33-34-32(40-30)41-29(31(36)37)16-23-19-35(28-13-6-5-12-27(23)28)18-21-10-7-9-20-8-3-4-11-26(20)21/h3-17,19H,18H2,1-2H3,(H,36,37)/b29-16-. The minimum absolute atomic E-state index is 0.0523. The summed E-state index contributed by atoms with van der Waals surface area (Å²) in [6.07, 6.45) is 3.63. The highest BCUT2D eigenvalue weighted by atomic mass is 32.2. The molecule has 9 heteroatoms. The summed E-state index contributed by atoms with van der Waals surface area (Å²) in [6, 6.07) is 27.8. The van der Waals surface area contributed by atoms with Crippen molar-refractivity contribution in [2.24, 2.45) is 0 Å². The number of hydrogen-bond acceptors (Lipinski definition) is 7. The quantitative estimate of drug-likeness (QED) is 0.147. The number of benzene rings is 4. The van der Waals surface area contributed by atoms with Crippen molar-refractivity contribution in [3.63, 3.8) is 0 Å². The van der Waals surface area contributed by atoms with E-state index in [0.717, 1.165) is 28.2 Å². The fourth-order valence-electron chi connectivity index (χ4n) is 4.80. The smallest absolute Gasteiger partial charge is 0.342 e. The summed E-state index contributed by atoms with van der Waals surface area (Å²) >= 11 is 0.900. The largest absolute Gasteiger partial charge is 0.497 e. The van der Waals surface area contributed by atoms with Crippen LogP contribution in [0.25, 0.3) is 39.2 Å². The molecule has 0 radical (unpaired) electrons. The SMILES string of the molecule is COc1cc(OC)cc(-c2nnc(S/C(=C\c3cn(Cc4cccc5ccccc45)c4ccccc34)C(=O)O)o2)c1. The van der Waals surface area contributed by atoms with Crippen LogP contribution in [0.3, 0.4) is 0 Å². The number of nitrogens with zero attached hydrogens (tertiary/aromatic N) is 3. The van der Waals surface area contributed by atoms with Crippen molar-refractivity contribution in [1.29, 1.82) is 0 Å². The van der Waals surface area contributed by atoms with Gasteiger partial charge in [-0.2, -0.15) is 0 Å². The Labute approximate surface area is 239 Å². The number of thioether (sulfide) groups is 1. The maximum Gasteiger partial charge on any atom is 0.342 e. The van der Waals surface area contributed by atoms with Gasteiger partial charge in [-0.3, -0.25) is 0 Å². The number of para-hydroxylation sites is 1. The Kier molecular flexibility index (Phi) is 7.18. The van der Waals surface area contributed by atoms with E-state index in [2.05, 4.69) is 45.1 Å². The molecular weight excluding hydrogens is 538 g/mol. The third kappa shape index (κ3) is 5.39. The Bertz CT molecular complexity index is 1900. The molecule has 0 bridgehead atoms. The fraction of sp³-hybridized carbons (Fsp3) is 0.0938. The number of methoxy groups -OCH3 is 2. The molecule has 0 saturated carbocycles. The molecule has 2 heterocycles. The third-order valence-electron chi connectivity index (χ3n) is 6.74. The fourth-order valence-corrected chi connectivity index (χ4v) is 5.47. The second kappa shape index (κ2) is 11.2. The first-order valence-electron chi connectivity index (χ1n) is 12.8. The molecule has 6 rings (SSSR count). The molecule has 6 aromatic rings. The lowest BCUT2D eigenvalue weighted by Gasteiger charge is -2.09. The van der Waals surface area contributed by atoms with Gasteiger partial charge in [0.05, 0.1) is 14.2 Å². The van der Waals surface area contributed by atoms with Crippen LogP contribution in [0.5, 0.6) is 11.5 Å². The van der Waals surface area contributed by atoms with E-state index in [9.17, 15) is 9.90 Å². The number of carboxylic acids is 1. The van der Waals surface area contributed by atoms with Crippen molar-refractivity contribution in [3.05, 3.63) is 107 Å². The molecule has 0 saturated heterocycles. The highest BCUT2D eigenvalue weighted by Crippen LogP contribution is 2.34. The second-order valence-corrected chi connectivity index (χ2v) is 10.3. The Morgan fingerprint density at radius 3 is 2.39 bits per heavy atom. The van der Waals surface area contributed by atoms with Crippen LogP contribution in [-0.2, 0) is 11.3 Å². The second-order valence-electron chi connectivity index (χ2n) is 9.26. The van der Waals surface area contributed by atoms with Gasteiger partial charge in [-0.15, -0.1) is 10.2 Å². The lowest BCUT2D eigenvalue weighted by molar-refractivity contribution is -0.131. The molecule has 0 unspecified atom stereocenters. The van der Waals surface area contributed by atoms with Crippen LogP contribution in [0, 0.1) is 0 Å². The van der Waals surface area contributed by atoms with Crippen molar-refractivity contribution in [1.82, 2.24) is 14.8 Å². The Hall–Kier alpha value is -5.02. The molecule has 1 N–H and O–H groups in total. The first kappa shape index (κ1) is 26.2. The average molecular weight is 564 g/mol. The molecule has 0 amide bonds. The van der Waals surface area contributed by atoms with Crippen LogP contribution < -0.4 is 9.47 Å². The number of ether oxygens (including phenoxy) is 2. The van der Waals surface area contributed by atoms with Crippen LogP contribution in [-0.4, -0.2) is 40.1 Å². The molecule has 2 aromatic heterocycles. The number of carboxylic acid groups (broad SMARTS) is 1. The van der Waals surface area contributed by atoms with Gasteiger partial charge >= 0.3 is 5.97 Å². The van der Waals surface area contributed by atoms with E-state index in [1.54, 1.807) is 38.5 Å². The van der Waals surface area contributed by atoms with Gasteiger partial charge < -0.3 is 23.6 Å². The van der Waals surface area contributed by atoms with Gasteiger partial charge in [0.2, 0.25) is 5.89 Å². The number of aromatic nitrogens is 3. The van der Waals surface area contributed by atoms with Gasteiger partial charge in [0.15, 0.2) is 0 Å². The molecule has 8 nitrogen and oxygen atoms in total. The Morgan fingerprint density at radius 2 is 1.63 bits per heavy atom. The predicted octanol–water partition coefficient (Wildman–Crippen LogP) is 7.13. The highest BCUT2D eigenvalue weighted by molar-refractivity contribution is 8.03. The van der Waals surface area contributed by atoms with E-state index in [4.69, 9.17) is 13.9 Å². The van der Waals surface area contributed by atoms with Gasteiger partial charge in [0.25, 0.3) is 5.22 Å². The van der Waals surface area contributed by atoms with Crippen molar-refractivity contribution in [3.8, 4) is 23.0 Å².